The zero-order chi connectivity index (χ0) is 14.9. The fraction of sp³-hybridized carbons (Fsp3) is 0.167. The van der Waals surface area contributed by atoms with Crippen molar-refractivity contribution < 1.29 is 13.9 Å². The molecule has 3 nitrogen and oxygen atoms in total. The third-order valence-electron chi connectivity index (χ3n) is 3.63. The van der Waals surface area contributed by atoms with Crippen LogP contribution in [0.4, 0.5) is 4.39 Å². The number of pyridine rings is 1. The van der Waals surface area contributed by atoms with Crippen molar-refractivity contribution in [3.63, 3.8) is 0 Å². The number of nitrogens with zero attached hydrogens (tertiary/aromatic N) is 1. The largest absolute Gasteiger partial charge is 0.490 e. The average molecular weight is 295 g/mol. The Morgan fingerprint density at radius 1 is 1.14 bits per heavy atom. The van der Waals surface area contributed by atoms with E-state index in [1.54, 1.807) is 6.07 Å². The van der Waals surface area contributed by atoms with Crippen molar-refractivity contribution in [3.05, 3.63) is 60.4 Å². The first-order chi connectivity index (χ1) is 10.8. The molecule has 0 radical (unpaired) electrons. The number of benzene rings is 2. The first kappa shape index (κ1) is 13.2. The Kier molecular flexibility index (Phi) is 3.24. The third-order valence-corrected chi connectivity index (χ3v) is 3.63. The van der Waals surface area contributed by atoms with Crippen LogP contribution < -0.4 is 4.74 Å². The van der Waals surface area contributed by atoms with Gasteiger partial charge in [0.25, 0.3) is 0 Å². The maximum Gasteiger partial charge on any atom is 0.131 e. The third kappa shape index (κ3) is 2.65. The molecule has 1 atom stereocenters. The lowest BCUT2D eigenvalue weighted by molar-refractivity contribution is 0.265. The van der Waals surface area contributed by atoms with E-state index in [2.05, 4.69) is 4.98 Å². The van der Waals surface area contributed by atoms with Gasteiger partial charge in [0.2, 0.25) is 0 Å². The molecule has 1 fully saturated rings. The molecule has 0 amide bonds. The number of fused-ring (bicyclic) bond motifs is 1. The van der Waals surface area contributed by atoms with Crippen LogP contribution in [0.2, 0.25) is 0 Å². The maximum atomic E-state index is 13.5. The second kappa shape index (κ2) is 5.39. The van der Waals surface area contributed by atoms with E-state index >= 15 is 0 Å². The van der Waals surface area contributed by atoms with E-state index in [-0.39, 0.29) is 11.9 Å². The monoisotopic (exact) mass is 295 g/mol. The van der Waals surface area contributed by atoms with Gasteiger partial charge in [0, 0.05) is 17.0 Å². The van der Waals surface area contributed by atoms with Crippen LogP contribution in [0.5, 0.6) is 5.75 Å². The van der Waals surface area contributed by atoms with Gasteiger partial charge in [-0.15, -0.1) is 0 Å². The van der Waals surface area contributed by atoms with Crippen LogP contribution >= 0.6 is 0 Å². The van der Waals surface area contributed by atoms with Gasteiger partial charge in [-0.3, -0.25) is 0 Å². The fourth-order valence-corrected chi connectivity index (χ4v) is 2.39. The van der Waals surface area contributed by atoms with Crippen molar-refractivity contribution in [2.45, 2.75) is 6.10 Å². The van der Waals surface area contributed by atoms with Crippen molar-refractivity contribution in [2.24, 2.45) is 0 Å². The Morgan fingerprint density at radius 3 is 2.73 bits per heavy atom. The molecule has 0 N–H and O–H groups in total. The van der Waals surface area contributed by atoms with E-state index in [4.69, 9.17) is 9.47 Å². The molecule has 1 aromatic heterocycles. The number of aromatic nitrogens is 1. The van der Waals surface area contributed by atoms with Crippen LogP contribution in [-0.4, -0.2) is 24.3 Å². The molecule has 0 bridgehead atoms. The van der Waals surface area contributed by atoms with E-state index in [9.17, 15) is 4.39 Å². The summed E-state index contributed by atoms with van der Waals surface area (Å²) in [7, 11) is 0. The molecular weight excluding hydrogens is 281 g/mol. The van der Waals surface area contributed by atoms with Crippen LogP contribution in [-0.2, 0) is 4.74 Å². The number of hydrogen-bond donors (Lipinski definition) is 0. The molecule has 1 saturated heterocycles. The van der Waals surface area contributed by atoms with Gasteiger partial charge in [0.1, 0.15) is 24.3 Å². The maximum absolute atomic E-state index is 13.5. The summed E-state index contributed by atoms with van der Waals surface area (Å²) < 4.78 is 24.5. The van der Waals surface area contributed by atoms with Gasteiger partial charge in [-0.05, 0) is 18.2 Å². The summed E-state index contributed by atoms with van der Waals surface area (Å²) in [5.74, 6) is 0.341. The lowest BCUT2D eigenvalue weighted by atomic mass is 10.1. The molecule has 2 aromatic carbocycles. The van der Waals surface area contributed by atoms with Crippen molar-refractivity contribution in [2.75, 3.05) is 13.2 Å². The number of ether oxygens (including phenoxy) is 2. The minimum atomic E-state index is -0.297. The number of hydrogen-bond acceptors (Lipinski definition) is 3. The molecule has 3 aromatic rings. The highest BCUT2D eigenvalue weighted by Crippen LogP contribution is 2.31. The van der Waals surface area contributed by atoms with Crippen LogP contribution in [0.1, 0.15) is 0 Å². The van der Waals surface area contributed by atoms with Gasteiger partial charge in [-0.2, -0.15) is 0 Å². The Hall–Kier alpha value is -2.46. The number of epoxide rings is 1. The summed E-state index contributed by atoms with van der Waals surface area (Å²) in [4.78, 5) is 4.61. The molecule has 110 valence electrons. The molecule has 1 aliphatic heterocycles. The highest BCUT2D eigenvalue weighted by molar-refractivity contribution is 5.88. The summed E-state index contributed by atoms with van der Waals surface area (Å²) in [6.07, 6.45) is 0.150. The summed E-state index contributed by atoms with van der Waals surface area (Å²) in [5, 5.41) is 0.681. The van der Waals surface area contributed by atoms with Gasteiger partial charge in [0.05, 0.1) is 17.8 Å². The first-order valence-corrected chi connectivity index (χ1v) is 7.20. The molecule has 0 saturated carbocycles. The summed E-state index contributed by atoms with van der Waals surface area (Å²) in [6.45, 7) is 1.20. The van der Waals surface area contributed by atoms with Crippen molar-refractivity contribution >= 4 is 10.9 Å². The van der Waals surface area contributed by atoms with E-state index in [1.165, 1.54) is 12.1 Å². The van der Waals surface area contributed by atoms with Crippen LogP contribution in [0.15, 0.2) is 54.6 Å². The molecule has 1 unspecified atom stereocenters. The van der Waals surface area contributed by atoms with Gasteiger partial charge in [0.15, 0.2) is 0 Å². The van der Waals surface area contributed by atoms with E-state index in [0.717, 1.165) is 23.4 Å². The second-order valence-corrected chi connectivity index (χ2v) is 5.30. The van der Waals surface area contributed by atoms with Crippen molar-refractivity contribution in [1.82, 2.24) is 4.98 Å². The van der Waals surface area contributed by atoms with Gasteiger partial charge >= 0.3 is 0 Å². The van der Waals surface area contributed by atoms with Crippen molar-refractivity contribution in [3.8, 4) is 17.0 Å². The van der Waals surface area contributed by atoms with Crippen LogP contribution in [0.3, 0.4) is 0 Å². The summed E-state index contributed by atoms with van der Waals surface area (Å²) in [5.41, 5.74) is 2.53. The zero-order valence-electron chi connectivity index (χ0n) is 11.8. The summed E-state index contributed by atoms with van der Waals surface area (Å²) >= 11 is 0. The van der Waals surface area contributed by atoms with Gasteiger partial charge < -0.3 is 9.47 Å². The first-order valence-electron chi connectivity index (χ1n) is 7.20. The Morgan fingerprint density at radius 2 is 1.95 bits per heavy atom. The number of halogens is 1. The molecular formula is C18H14FNO2. The van der Waals surface area contributed by atoms with Gasteiger partial charge in [-0.1, -0.05) is 30.3 Å². The predicted molar refractivity (Wildman–Crippen MR) is 82.4 cm³/mol. The quantitative estimate of drug-likeness (QED) is 0.686. The Labute approximate surface area is 127 Å². The van der Waals surface area contributed by atoms with Crippen molar-refractivity contribution in [1.29, 1.82) is 0 Å². The molecule has 2 heterocycles. The minimum absolute atomic E-state index is 0.150. The fourth-order valence-electron chi connectivity index (χ4n) is 2.39. The summed E-state index contributed by atoms with van der Waals surface area (Å²) in [6, 6.07) is 16.3. The highest BCUT2D eigenvalue weighted by Gasteiger charge is 2.23. The molecule has 0 aliphatic carbocycles. The average Bonchev–Trinajstić information content (AvgIpc) is 3.38. The Bertz CT molecular complexity index is 816. The standard InChI is InChI=1S/C18H14FNO2/c19-13-6-7-16-15(8-13)18(22-11-14-10-21-14)9-17(20-16)12-4-2-1-3-5-12/h1-9,14H,10-11H2. The smallest absolute Gasteiger partial charge is 0.131 e. The normalized spacial score (nSPS) is 16.7. The SMILES string of the molecule is Fc1ccc2nc(-c3ccccc3)cc(OCC3CO3)c2c1. The van der Waals surface area contributed by atoms with Crippen LogP contribution in [0.25, 0.3) is 22.2 Å². The zero-order valence-corrected chi connectivity index (χ0v) is 11.8. The van der Waals surface area contributed by atoms with E-state index in [1.807, 2.05) is 36.4 Å². The molecule has 0 spiro atoms. The highest BCUT2D eigenvalue weighted by atomic mass is 19.1. The van der Waals surface area contributed by atoms with E-state index in [0.29, 0.717) is 17.7 Å². The van der Waals surface area contributed by atoms with E-state index < -0.39 is 0 Å². The molecule has 4 rings (SSSR count). The van der Waals surface area contributed by atoms with Gasteiger partial charge in [-0.25, -0.2) is 9.37 Å². The minimum Gasteiger partial charge on any atom is -0.490 e. The van der Waals surface area contributed by atoms with Crippen LogP contribution in [0, 0.1) is 5.82 Å². The molecule has 22 heavy (non-hydrogen) atoms. The lowest BCUT2D eigenvalue weighted by Gasteiger charge is -2.11. The lowest BCUT2D eigenvalue weighted by Crippen LogP contribution is -2.05. The second-order valence-electron chi connectivity index (χ2n) is 5.30. The molecule has 1 aliphatic rings. The number of rotatable bonds is 4. The topological polar surface area (TPSA) is 34.6 Å². The predicted octanol–water partition coefficient (Wildman–Crippen LogP) is 3.82. The molecule has 4 heteroatoms. The Balaban J connectivity index is 1.82.